The number of aromatic nitrogens is 2. The van der Waals surface area contributed by atoms with Crippen LogP contribution in [-0.4, -0.2) is 29.4 Å². The zero-order valence-corrected chi connectivity index (χ0v) is 11.9. The molecule has 1 aromatic carbocycles. The second kappa shape index (κ2) is 6.23. The zero-order chi connectivity index (χ0) is 14.5. The molecular weight excluding hydrogens is 256 g/mol. The first-order valence-corrected chi connectivity index (χ1v) is 6.44. The van der Waals surface area contributed by atoms with Gasteiger partial charge in [0.1, 0.15) is 0 Å². The Kier molecular flexibility index (Phi) is 4.40. The number of aryl methyl sites for hydroxylation is 2. The average molecular weight is 274 g/mol. The molecule has 2 rings (SSSR count). The van der Waals surface area contributed by atoms with Crippen LogP contribution < -0.4 is 9.47 Å². The van der Waals surface area contributed by atoms with Gasteiger partial charge in [-0.2, -0.15) is 5.10 Å². The van der Waals surface area contributed by atoms with Gasteiger partial charge in [-0.25, -0.2) is 4.68 Å². The molecule has 20 heavy (non-hydrogen) atoms. The van der Waals surface area contributed by atoms with E-state index in [0.29, 0.717) is 11.5 Å². The minimum Gasteiger partial charge on any atom is -0.493 e. The number of carbonyl (C=O) groups is 1. The largest absolute Gasteiger partial charge is 0.493 e. The monoisotopic (exact) mass is 274 g/mol. The molecule has 2 aromatic rings. The summed E-state index contributed by atoms with van der Waals surface area (Å²) in [7, 11) is 1.59. The van der Waals surface area contributed by atoms with E-state index < -0.39 is 0 Å². The summed E-state index contributed by atoms with van der Waals surface area (Å²) in [5, 5.41) is 4.16. The average Bonchev–Trinajstić information content (AvgIpc) is 2.78. The highest BCUT2D eigenvalue weighted by Gasteiger charge is 2.11. The van der Waals surface area contributed by atoms with Crippen molar-refractivity contribution in [2.75, 3.05) is 13.7 Å². The molecular formula is C15H18N2O3. The molecule has 0 amide bonds. The zero-order valence-electron chi connectivity index (χ0n) is 11.9. The highest BCUT2D eigenvalue weighted by molar-refractivity contribution is 5.78. The van der Waals surface area contributed by atoms with Gasteiger partial charge >= 0.3 is 0 Å². The van der Waals surface area contributed by atoms with Crippen molar-refractivity contribution in [3.8, 4) is 11.5 Å². The number of methoxy groups -OCH3 is 1. The number of para-hydroxylation sites is 2. The Morgan fingerprint density at radius 2 is 1.95 bits per heavy atom. The Morgan fingerprint density at radius 1 is 1.25 bits per heavy atom. The van der Waals surface area contributed by atoms with Crippen molar-refractivity contribution in [3.63, 3.8) is 0 Å². The van der Waals surface area contributed by atoms with Crippen LogP contribution in [0.1, 0.15) is 22.6 Å². The molecule has 0 aliphatic carbocycles. The molecule has 1 heterocycles. The minimum absolute atomic E-state index is 0.0782. The van der Waals surface area contributed by atoms with Gasteiger partial charge in [-0.3, -0.25) is 4.79 Å². The fourth-order valence-corrected chi connectivity index (χ4v) is 1.97. The molecule has 0 aliphatic heterocycles. The Balaban J connectivity index is 1.93. The van der Waals surface area contributed by atoms with E-state index in [1.54, 1.807) is 7.11 Å². The van der Waals surface area contributed by atoms with Crippen LogP contribution in [0.2, 0.25) is 0 Å². The first kappa shape index (κ1) is 14.1. The van der Waals surface area contributed by atoms with Gasteiger partial charge in [0, 0.05) is 5.69 Å². The summed E-state index contributed by atoms with van der Waals surface area (Å²) in [6.07, 6.45) is 0.264. The molecule has 0 unspecified atom stereocenters. The van der Waals surface area contributed by atoms with Crippen LogP contribution in [-0.2, 0) is 0 Å². The van der Waals surface area contributed by atoms with E-state index in [1.165, 1.54) is 4.68 Å². The third kappa shape index (κ3) is 3.17. The molecule has 0 saturated carbocycles. The lowest BCUT2D eigenvalue weighted by Crippen LogP contribution is -2.17. The molecule has 0 aliphatic rings. The van der Waals surface area contributed by atoms with Crippen LogP contribution in [0.25, 0.3) is 0 Å². The fraction of sp³-hybridized carbons (Fsp3) is 0.333. The fourth-order valence-electron chi connectivity index (χ4n) is 1.97. The van der Waals surface area contributed by atoms with Gasteiger partial charge in [0.15, 0.2) is 11.5 Å². The van der Waals surface area contributed by atoms with Crippen molar-refractivity contribution in [3.05, 3.63) is 41.7 Å². The summed E-state index contributed by atoms with van der Waals surface area (Å²) >= 11 is 0. The van der Waals surface area contributed by atoms with Gasteiger partial charge < -0.3 is 9.47 Å². The van der Waals surface area contributed by atoms with Crippen molar-refractivity contribution in [2.45, 2.75) is 20.3 Å². The number of rotatable bonds is 5. The van der Waals surface area contributed by atoms with Crippen molar-refractivity contribution >= 4 is 5.91 Å². The summed E-state index contributed by atoms with van der Waals surface area (Å²) in [6.45, 7) is 4.01. The van der Waals surface area contributed by atoms with Crippen molar-refractivity contribution in [1.82, 2.24) is 9.78 Å². The second-order valence-corrected chi connectivity index (χ2v) is 4.48. The predicted octanol–water partition coefficient (Wildman–Crippen LogP) is 2.62. The predicted molar refractivity (Wildman–Crippen MR) is 75.4 cm³/mol. The quantitative estimate of drug-likeness (QED) is 0.841. The summed E-state index contributed by atoms with van der Waals surface area (Å²) in [5.74, 6) is 1.22. The van der Waals surface area contributed by atoms with Crippen molar-refractivity contribution in [1.29, 1.82) is 0 Å². The maximum Gasteiger partial charge on any atom is 0.250 e. The van der Waals surface area contributed by atoms with Gasteiger partial charge in [0.25, 0.3) is 5.91 Å². The molecule has 0 N–H and O–H groups in total. The Bertz CT molecular complexity index is 605. The van der Waals surface area contributed by atoms with E-state index in [9.17, 15) is 4.79 Å². The molecule has 106 valence electrons. The lowest BCUT2D eigenvalue weighted by Gasteiger charge is -2.10. The lowest BCUT2D eigenvalue weighted by molar-refractivity contribution is 0.0861. The first-order chi connectivity index (χ1) is 9.61. The Labute approximate surface area is 118 Å². The highest BCUT2D eigenvalue weighted by Crippen LogP contribution is 2.25. The smallest absolute Gasteiger partial charge is 0.250 e. The van der Waals surface area contributed by atoms with Crippen LogP contribution in [0.5, 0.6) is 11.5 Å². The van der Waals surface area contributed by atoms with Gasteiger partial charge in [0.2, 0.25) is 0 Å². The number of nitrogens with zero attached hydrogens (tertiary/aromatic N) is 2. The van der Waals surface area contributed by atoms with E-state index in [0.717, 1.165) is 11.4 Å². The van der Waals surface area contributed by atoms with Crippen LogP contribution in [0.4, 0.5) is 0 Å². The summed E-state index contributed by atoms with van der Waals surface area (Å²) in [4.78, 5) is 12.0. The lowest BCUT2D eigenvalue weighted by atomic mass is 10.3. The Hall–Kier alpha value is -2.30. The van der Waals surface area contributed by atoms with E-state index >= 15 is 0 Å². The van der Waals surface area contributed by atoms with Gasteiger partial charge in [0.05, 0.1) is 25.8 Å². The highest BCUT2D eigenvalue weighted by atomic mass is 16.5. The van der Waals surface area contributed by atoms with Crippen LogP contribution in [0.15, 0.2) is 30.3 Å². The van der Waals surface area contributed by atoms with Gasteiger partial charge in [-0.05, 0) is 32.0 Å². The SMILES string of the molecule is COc1ccccc1OCCC(=O)n1nc(C)cc1C. The van der Waals surface area contributed by atoms with Crippen molar-refractivity contribution < 1.29 is 14.3 Å². The van der Waals surface area contributed by atoms with Crippen molar-refractivity contribution in [2.24, 2.45) is 0 Å². The second-order valence-electron chi connectivity index (χ2n) is 4.48. The van der Waals surface area contributed by atoms with E-state index in [4.69, 9.17) is 9.47 Å². The summed E-state index contributed by atoms with van der Waals surface area (Å²) < 4.78 is 12.2. The molecule has 1 aromatic heterocycles. The number of carbonyl (C=O) groups excluding carboxylic acids is 1. The molecule has 0 spiro atoms. The third-order valence-corrected chi connectivity index (χ3v) is 2.89. The first-order valence-electron chi connectivity index (χ1n) is 6.44. The molecule has 5 nitrogen and oxygen atoms in total. The number of ether oxygens (including phenoxy) is 2. The molecule has 0 fully saturated rings. The van der Waals surface area contributed by atoms with E-state index in [2.05, 4.69) is 5.10 Å². The Morgan fingerprint density at radius 3 is 2.55 bits per heavy atom. The van der Waals surface area contributed by atoms with Crippen LogP contribution >= 0.6 is 0 Å². The summed E-state index contributed by atoms with van der Waals surface area (Å²) in [5.41, 5.74) is 1.67. The van der Waals surface area contributed by atoms with Crippen LogP contribution in [0.3, 0.4) is 0 Å². The van der Waals surface area contributed by atoms with Crippen LogP contribution in [0, 0.1) is 13.8 Å². The maximum atomic E-state index is 12.0. The standard InChI is InChI=1S/C15H18N2O3/c1-11-10-12(2)17(16-11)15(18)8-9-20-14-7-5-4-6-13(14)19-3/h4-7,10H,8-9H2,1-3H3. The summed E-state index contributed by atoms with van der Waals surface area (Å²) in [6, 6.07) is 9.23. The molecule has 0 radical (unpaired) electrons. The third-order valence-electron chi connectivity index (χ3n) is 2.89. The number of benzene rings is 1. The topological polar surface area (TPSA) is 53.4 Å². The molecule has 5 heteroatoms. The minimum atomic E-state index is -0.0782. The molecule has 0 bridgehead atoms. The molecule has 0 saturated heterocycles. The molecule has 0 atom stereocenters. The van der Waals surface area contributed by atoms with Gasteiger partial charge in [-0.1, -0.05) is 12.1 Å². The maximum absolute atomic E-state index is 12.0. The normalized spacial score (nSPS) is 10.3. The number of hydrogen-bond donors (Lipinski definition) is 0. The number of hydrogen-bond acceptors (Lipinski definition) is 4. The van der Waals surface area contributed by atoms with Gasteiger partial charge in [-0.15, -0.1) is 0 Å². The van der Waals surface area contributed by atoms with E-state index in [-0.39, 0.29) is 18.9 Å². The van der Waals surface area contributed by atoms with E-state index in [1.807, 2.05) is 44.2 Å².